The van der Waals surface area contributed by atoms with Crippen molar-refractivity contribution in [2.24, 2.45) is 11.8 Å². The van der Waals surface area contributed by atoms with E-state index in [0.29, 0.717) is 18.6 Å². The predicted octanol–water partition coefficient (Wildman–Crippen LogP) is 4.67. The Morgan fingerprint density at radius 1 is 1.06 bits per heavy atom. The quantitative estimate of drug-likeness (QED) is 0.647. The van der Waals surface area contributed by atoms with Gasteiger partial charge in [-0.2, -0.15) is 13.2 Å². The first-order valence-corrected chi connectivity index (χ1v) is 11.7. The molecule has 0 radical (unpaired) electrons. The molecule has 1 aliphatic carbocycles. The highest BCUT2D eigenvalue weighted by atomic mass is 19.4. The summed E-state index contributed by atoms with van der Waals surface area (Å²) >= 11 is 0. The van der Waals surface area contributed by atoms with Gasteiger partial charge in [-0.15, -0.1) is 0 Å². The van der Waals surface area contributed by atoms with Crippen LogP contribution in [0.4, 0.5) is 13.2 Å². The molecule has 2 aliphatic heterocycles. The monoisotopic (exact) mass is 455 g/mol. The van der Waals surface area contributed by atoms with Crippen LogP contribution in [0.3, 0.4) is 0 Å². The van der Waals surface area contributed by atoms with E-state index in [9.17, 15) is 18.0 Å². The van der Waals surface area contributed by atoms with Crippen molar-refractivity contribution in [2.45, 2.75) is 69.6 Å². The second-order valence-corrected chi connectivity index (χ2v) is 9.49. The first kappa shape index (κ1) is 23.4. The molecule has 0 bridgehead atoms. The first-order valence-electron chi connectivity index (χ1n) is 11.7. The molecule has 1 atom stereocenters. The average Bonchev–Trinajstić information content (AvgIpc) is 3.27. The Morgan fingerprint density at radius 2 is 1.75 bits per heavy atom. The number of benzene rings is 1. The number of carbonyl (C=O) groups is 1. The van der Waals surface area contributed by atoms with Crippen LogP contribution in [0.5, 0.6) is 11.5 Å². The summed E-state index contributed by atoms with van der Waals surface area (Å²) in [5.41, 5.74) is 1.25. The molecule has 0 amide bonds. The number of nitrogens with zero attached hydrogens (tertiary/aromatic N) is 1. The lowest BCUT2D eigenvalue weighted by Crippen LogP contribution is -2.37. The largest absolute Gasteiger partial charge is 0.454 e. The lowest BCUT2D eigenvalue weighted by molar-refractivity contribution is -0.204. The Morgan fingerprint density at radius 3 is 2.44 bits per heavy atom. The summed E-state index contributed by atoms with van der Waals surface area (Å²) in [6, 6.07) is 6.12. The third-order valence-electron chi connectivity index (χ3n) is 7.38. The molecule has 0 aromatic heterocycles. The van der Waals surface area contributed by atoms with Crippen molar-refractivity contribution in [1.82, 2.24) is 4.90 Å². The number of ketones is 1. The van der Waals surface area contributed by atoms with Crippen LogP contribution >= 0.6 is 0 Å². The van der Waals surface area contributed by atoms with Gasteiger partial charge in [0.2, 0.25) is 12.9 Å². The molecule has 8 heteroatoms. The second-order valence-electron chi connectivity index (χ2n) is 9.49. The fourth-order valence-electron chi connectivity index (χ4n) is 5.41. The number of ether oxygens (including phenoxy) is 2. The summed E-state index contributed by atoms with van der Waals surface area (Å²) in [5.74, 6) is 1.67. The summed E-state index contributed by atoms with van der Waals surface area (Å²) in [6.07, 6.45) is -1.15. The smallest absolute Gasteiger partial charge is 0.421 e. The molecule has 178 valence electrons. The number of carbonyl (C=O) groups excluding carboxylic acids is 1. The number of hydrogen-bond donors (Lipinski definition) is 1. The van der Waals surface area contributed by atoms with Crippen molar-refractivity contribution in [2.75, 3.05) is 26.4 Å². The zero-order valence-corrected chi connectivity index (χ0v) is 18.3. The van der Waals surface area contributed by atoms with Gasteiger partial charge in [-0.1, -0.05) is 25.0 Å². The van der Waals surface area contributed by atoms with E-state index in [1.165, 1.54) is 5.56 Å². The summed E-state index contributed by atoms with van der Waals surface area (Å²) < 4.78 is 48.6. The van der Waals surface area contributed by atoms with Crippen molar-refractivity contribution in [3.63, 3.8) is 0 Å². The van der Waals surface area contributed by atoms with Crippen LogP contribution in [0, 0.1) is 11.8 Å². The minimum Gasteiger partial charge on any atom is -0.454 e. The van der Waals surface area contributed by atoms with Crippen molar-refractivity contribution in [3.05, 3.63) is 23.8 Å². The van der Waals surface area contributed by atoms with Gasteiger partial charge in [0.15, 0.2) is 17.3 Å². The Balaban J connectivity index is 1.15. The number of rotatable bonds is 7. The SMILES string of the molecule is O=C(CC1CCC(CCN2CCC(c3cccc4c3OCO4)CC2)CC1)[C@@H](O)C(F)(F)F. The maximum absolute atomic E-state index is 12.5. The molecule has 2 fully saturated rings. The molecule has 0 spiro atoms. The normalized spacial score (nSPS) is 25.6. The van der Waals surface area contributed by atoms with Crippen LogP contribution in [0.1, 0.15) is 62.8 Å². The standard InChI is InChI=1S/C24H32F3NO4/c25-24(26,27)23(30)20(29)14-17-6-4-16(5-7-17)8-11-28-12-9-18(10-13-28)19-2-1-3-21-22(19)32-15-31-21/h1-3,16-18,23,30H,4-15H2/t16?,17?,23-/m1/s1. The van der Waals surface area contributed by atoms with Gasteiger partial charge in [0, 0.05) is 12.0 Å². The molecule has 1 N–H and O–H groups in total. The van der Waals surface area contributed by atoms with Crippen LogP contribution < -0.4 is 9.47 Å². The molecule has 32 heavy (non-hydrogen) atoms. The number of aliphatic hydroxyl groups is 1. The van der Waals surface area contributed by atoms with E-state index in [0.717, 1.165) is 76.1 Å². The van der Waals surface area contributed by atoms with Crippen molar-refractivity contribution < 1.29 is 32.5 Å². The molecule has 1 saturated carbocycles. The van der Waals surface area contributed by atoms with Gasteiger partial charge >= 0.3 is 6.18 Å². The van der Waals surface area contributed by atoms with E-state index in [1.807, 2.05) is 12.1 Å². The molecule has 0 unspecified atom stereocenters. The van der Waals surface area contributed by atoms with Gasteiger partial charge in [-0.05, 0) is 75.6 Å². The van der Waals surface area contributed by atoms with Gasteiger partial charge in [-0.25, -0.2) is 0 Å². The lowest BCUT2D eigenvalue weighted by atomic mass is 9.78. The average molecular weight is 456 g/mol. The number of halogens is 3. The van der Waals surface area contributed by atoms with Gasteiger partial charge in [0.1, 0.15) is 0 Å². The first-order chi connectivity index (χ1) is 15.3. The van der Waals surface area contributed by atoms with E-state index in [4.69, 9.17) is 14.6 Å². The zero-order valence-electron chi connectivity index (χ0n) is 18.3. The number of hydrogen-bond acceptors (Lipinski definition) is 5. The number of alkyl halides is 3. The Labute approximate surface area is 186 Å². The topological polar surface area (TPSA) is 59.0 Å². The molecule has 2 heterocycles. The van der Waals surface area contributed by atoms with Crippen LogP contribution in [-0.4, -0.2) is 54.5 Å². The van der Waals surface area contributed by atoms with E-state index in [1.54, 1.807) is 0 Å². The lowest BCUT2D eigenvalue weighted by Gasteiger charge is -2.34. The zero-order chi connectivity index (χ0) is 22.7. The summed E-state index contributed by atoms with van der Waals surface area (Å²) in [5, 5.41) is 9.11. The van der Waals surface area contributed by atoms with Gasteiger partial charge in [-0.3, -0.25) is 4.79 Å². The van der Waals surface area contributed by atoms with Crippen LogP contribution in [0.2, 0.25) is 0 Å². The van der Waals surface area contributed by atoms with E-state index in [2.05, 4.69) is 11.0 Å². The molecule has 1 saturated heterocycles. The fraction of sp³-hybridized carbons (Fsp3) is 0.708. The summed E-state index contributed by atoms with van der Waals surface area (Å²) in [4.78, 5) is 14.2. The highest BCUT2D eigenvalue weighted by Crippen LogP contribution is 2.42. The van der Waals surface area contributed by atoms with Gasteiger partial charge < -0.3 is 19.5 Å². The molecule has 1 aromatic carbocycles. The Bertz CT molecular complexity index is 784. The summed E-state index contributed by atoms with van der Waals surface area (Å²) in [6.45, 7) is 3.44. The van der Waals surface area contributed by atoms with Crippen LogP contribution in [-0.2, 0) is 4.79 Å². The second kappa shape index (κ2) is 10.00. The molecule has 5 nitrogen and oxygen atoms in total. The molecular weight excluding hydrogens is 423 g/mol. The highest BCUT2D eigenvalue weighted by Gasteiger charge is 2.43. The van der Waals surface area contributed by atoms with Crippen molar-refractivity contribution in [1.29, 1.82) is 0 Å². The van der Waals surface area contributed by atoms with E-state index >= 15 is 0 Å². The maximum Gasteiger partial charge on any atom is 0.421 e. The molecule has 3 aliphatic rings. The molecular formula is C24H32F3NO4. The number of para-hydroxylation sites is 1. The van der Waals surface area contributed by atoms with E-state index in [-0.39, 0.29) is 12.3 Å². The van der Waals surface area contributed by atoms with Gasteiger partial charge in [0.25, 0.3) is 0 Å². The Kier molecular flexibility index (Phi) is 7.30. The fourth-order valence-corrected chi connectivity index (χ4v) is 5.41. The van der Waals surface area contributed by atoms with E-state index < -0.39 is 18.1 Å². The van der Waals surface area contributed by atoms with Crippen LogP contribution in [0.25, 0.3) is 0 Å². The highest BCUT2D eigenvalue weighted by molar-refractivity contribution is 5.83. The van der Waals surface area contributed by atoms with Gasteiger partial charge in [0.05, 0.1) is 0 Å². The number of piperidine rings is 1. The third-order valence-corrected chi connectivity index (χ3v) is 7.38. The summed E-state index contributed by atoms with van der Waals surface area (Å²) in [7, 11) is 0. The van der Waals surface area contributed by atoms with Crippen molar-refractivity contribution in [3.8, 4) is 11.5 Å². The maximum atomic E-state index is 12.5. The number of fused-ring (bicyclic) bond motifs is 1. The number of aliphatic hydroxyl groups excluding tert-OH is 1. The third kappa shape index (κ3) is 5.57. The predicted molar refractivity (Wildman–Crippen MR) is 113 cm³/mol. The molecule has 1 aromatic rings. The minimum atomic E-state index is -4.86. The number of Topliss-reactive ketones (excluding diaryl/α,β-unsaturated/α-hetero) is 1. The Hall–Kier alpha value is -1.80. The van der Waals surface area contributed by atoms with Crippen molar-refractivity contribution >= 4 is 5.78 Å². The number of likely N-dealkylation sites (tertiary alicyclic amines) is 1. The molecule has 4 rings (SSSR count). The van der Waals surface area contributed by atoms with Crippen LogP contribution in [0.15, 0.2) is 18.2 Å². The minimum absolute atomic E-state index is 0.0368.